The molecule has 3 aromatic carbocycles. The lowest BCUT2D eigenvalue weighted by molar-refractivity contribution is -0.122. The summed E-state index contributed by atoms with van der Waals surface area (Å²) in [5.74, 6) is -0.900. The normalized spacial score (nSPS) is 10.9. The molecule has 2 N–H and O–H groups in total. The molecule has 4 aromatic rings. The Morgan fingerprint density at radius 3 is 2.24 bits per heavy atom. The molecule has 0 saturated heterocycles. The molecule has 4 rings (SSSR count). The van der Waals surface area contributed by atoms with Crippen LogP contribution in [0.5, 0.6) is 0 Å². The lowest BCUT2D eigenvalue weighted by Gasteiger charge is -2.14. The number of fused-ring (bicyclic) bond motifs is 1. The third-order valence-corrected chi connectivity index (χ3v) is 6.17. The number of carbonyl (C=O) groups is 2. The number of carbonyl (C=O) groups excluding carboxylic acids is 2. The van der Waals surface area contributed by atoms with Gasteiger partial charge in [-0.15, -0.1) is 0 Å². The van der Waals surface area contributed by atoms with Crippen LogP contribution in [0.15, 0.2) is 82.4 Å². The molecule has 0 spiro atoms. The van der Waals surface area contributed by atoms with Gasteiger partial charge in [0.25, 0.3) is 5.56 Å². The van der Waals surface area contributed by atoms with Crippen LogP contribution in [0.1, 0.15) is 30.9 Å². The number of benzene rings is 3. The summed E-state index contributed by atoms with van der Waals surface area (Å²) in [6, 6.07) is 19.0. The van der Waals surface area contributed by atoms with Gasteiger partial charge in [0.2, 0.25) is 11.8 Å². The first-order valence-electron chi connectivity index (χ1n) is 12.5. The van der Waals surface area contributed by atoms with Crippen molar-refractivity contribution in [3.63, 3.8) is 0 Å². The monoisotopic (exact) mass is 516 g/mol. The summed E-state index contributed by atoms with van der Waals surface area (Å²) in [6.45, 7) is 2.53. The summed E-state index contributed by atoms with van der Waals surface area (Å²) in [7, 11) is 0. The van der Waals surface area contributed by atoms with Gasteiger partial charge in [0.05, 0.1) is 23.0 Å². The predicted molar refractivity (Wildman–Crippen MR) is 144 cm³/mol. The number of para-hydroxylation sites is 1. The highest BCUT2D eigenvalue weighted by Crippen LogP contribution is 2.12. The van der Waals surface area contributed by atoms with Crippen LogP contribution in [0.2, 0.25) is 0 Å². The Morgan fingerprint density at radius 2 is 1.53 bits per heavy atom. The van der Waals surface area contributed by atoms with Crippen molar-refractivity contribution in [3.8, 4) is 5.69 Å². The topological polar surface area (TPSA) is 102 Å². The number of nitrogens with one attached hydrogen (secondary N) is 2. The fraction of sp³-hybridized carbons (Fsp3) is 0.241. The highest BCUT2D eigenvalue weighted by Gasteiger charge is 2.16. The molecule has 0 aliphatic heterocycles. The van der Waals surface area contributed by atoms with E-state index in [-0.39, 0.29) is 36.6 Å². The zero-order valence-corrected chi connectivity index (χ0v) is 21.1. The van der Waals surface area contributed by atoms with Crippen LogP contribution in [-0.4, -0.2) is 27.5 Å². The van der Waals surface area contributed by atoms with Gasteiger partial charge in [-0.1, -0.05) is 49.7 Å². The Kier molecular flexibility index (Phi) is 8.47. The zero-order valence-electron chi connectivity index (χ0n) is 21.1. The maximum atomic E-state index is 13.5. The number of nitrogens with zero attached hydrogens (tertiary/aromatic N) is 2. The minimum atomic E-state index is -0.657. The van der Waals surface area contributed by atoms with Crippen molar-refractivity contribution in [1.29, 1.82) is 0 Å². The molecule has 0 bridgehead atoms. The third kappa shape index (κ3) is 6.23. The molecule has 0 unspecified atom stereocenters. The molecular weight excluding hydrogens is 487 g/mol. The maximum Gasteiger partial charge on any atom is 0.336 e. The highest BCUT2D eigenvalue weighted by molar-refractivity contribution is 5.82. The number of halogens is 1. The number of aromatic nitrogens is 2. The number of hydrogen-bond donors (Lipinski definition) is 2. The van der Waals surface area contributed by atoms with Gasteiger partial charge in [-0.05, 0) is 53.9 Å². The lowest BCUT2D eigenvalue weighted by atomic mass is 10.1. The van der Waals surface area contributed by atoms with Crippen molar-refractivity contribution < 1.29 is 14.0 Å². The van der Waals surface area contributed by atoms with E-state index in [0.29, 0.717) is 23.3 Å². The van der Waals surface area contributed by atoms with Crippen LogP contribution in [0, 0.1) is 5.82 Å². The van der Waals surface area contributed by atoms with Gasteiger partial charge in [-0.25, -0.2) is 13.8 Å². The van der Waals surface area contributed by atoms with E-state index < -0.39 is 17.2 Å². The number of rotatable bonds is 10. The maximum absolute atomic E-state index is 13.5. The Balaban J connectivity index is 1.60. The van der Waals surface area contributed by atoms with Crippen LogP contribution in [0.3, 0.4) is 0 Å². The van der Waals surface area contributed by atoms with Crippen molar-refractivity contribution in [1.82, 2.24) is 19.8 Å². The highest BCUT2D eigenvalue weighted by atomic mass is 19.1. The molecule has 0 saturated carbocycles. The lowest BCUT2D eigenvalue weighted by Crippen LogP contribution is -2.41. The molecule has 0 atom stereocenters. The fourth-order valence-electron chi connectivity index (χ4n) is 4.12. The fourth-order valence-corrected chi connectivity index (χ4v) is 4.12. The first-order valence-corrected chi connectivity index (χ1v) is 12.5. The standard InChI is InChI=1S/C29H29FN4O4/c1-2-3-16-31-26(35)17-20-10-14-23(15-11-20)34-28(37)24-6-4-5-7-25(24)33(29(34)38)19-27(36)32-18-21-8-12-22(30)13-9-21/h4-15H,2-3,16-19H2,1H3,(H,31,35)(H,32,36). The smallest absolute Gasteiger partial charge is 0.336 e. The molecule has 8 nitrogen and oxygen atoms in total. The molecule has 0 radical (unpaired) electrons. The zero-order chi connectivity index (χ0) is 27.1. The van der Waals surface area contributed by atoms with Gasteiger partial charge < -0.3 is 10.6 Å². The van der Waals surface area contributed by atoms with E-state index in [1.54, 1.807) is 60.7 Å². The van der Waals surface area contributed by atoms with Crippen LogP contribution >= 0.6 is 0 Å². The first-order chi connectivity index (χ1) is 18.4. The number of unbranched alkanes of at least 4 members (excludes halogenated alkanes) is 1. The Morgan fingerprint density at radius 1 is 0.842 bits per heavy atom. The van der Waals surface area contributed by atoms with Crippen molar-refractivity contribution in [2.45, 2.75) is 39.3 Å². The summed E-state index contributed by atoms with van der Waals surface area (Å²) in [5, 5.41) is 5.88. The Labute approximate surface area is 218 Å². The molecular formula is C29H29FN4O4. The molecule has 2 amide bonds. The van der Waals surface area contributed by atoms with Gasteiger partial charge in [0, 0.05) is 13.1 Å². The molecule has 1 aromatic heterocycles. The third-order valence-electron chi connectivity index (χ3n) is 6.17. The summed E-state index contributed by atoms with van der Waals surface area (Å²) in [6.07, 6.45) is 2.09. The van der Waals surface area contributed by atoms with Crippen molar-refractivity contribution in [2.75, 3.05) is 6.54 Å². The van der Waals surface area contributed by atoms with Crippen molar-refractivity contribution in [3.05, 3.63) is 111 Å². The van der Waals surface area contributed by atoms with E-state index in [1.807, 2.05) is 6.92 Å². The Bertz CT molecular complexity index is 1560. The van der Waals surface area contributed by atoms with E-state index >= 15 is 0 Å². The molecule has 9 heteroatoms. The average Bonchev–Trinajstić information content (AvgIpc) is 2.92. The van der Waals surface area contributed by atoms with Gasteiger partial charge in [0.1, 0.15) is 12.4 Å². The van der Waals surface area contributed by atoms with E-state index in [4.69, 9.17) is 0 Å². The van der Waals surface area contributed by atoms with E-state index in [1.165, 1.54) is 16.7 Å². The van der Waals surface area contributed by atoms with Crippen LogP contribution in [-0.2, 0) is 29.1 Å². The van der Waals surface area contributed by atoms with Crippen LogP contribution < -0.4 is 21.9 Å². The molecule has 0 aliphatic carbocycles. The Hall–Kier alpha value is -4.53. The van der Waals surface area contributed by atoms with Crippen LogP contribution in [0.4, 0.5) is 4.39 Å². The van der Waals surface area contributed by atoms with E-state index in [2.05, 4.69) is 10.6 Å². The second-order valence-electron chi connectivity index (χ2n) is 8.98. The second-order valence-corrected chi connectivity index (χ2v) is 8.98. The summed E-state index contributed by atoms with van der Waals surface area (Å²) in [5.41, 5.74) is 0.977. The average molecular weight is 517 g/mol. The molecule has 196 valence electrons. The quantitative estimate of drug-likeness (QED) is 0.316. The molecule has 0 fully saturated rings. The summed E-state index contributed by atoms with van der Waals surface area (Å²) < 4.78 is 15.4. The minimum Gasteiger partial charge on any atom is -0.356 e. The van der Waals surface area contributed by atoms with Crippen molar-refractivity contribution >= 4 is 22.7 Å². The molecule has 1 heterocycles. The SMILES string of the molecule is CCCCNC(=O)Cc1ccc(-n2c(=O)c3ccccc3n(CC(=O)NCc3ccc(F)cc3)c2=O)cc1. The number of hydrogen-bond acceptors (Lipinski definition) is 4. The largest absolute Gasteiger partial charge is 0.356 e. The van der Waals surface area contributed by atoms with Gasteiger partial charge in [0.15, 0.2) is 0 Å². The molecule has 0 aliphatic rings. The molecule has 38 heavy (non-hydrogen) atoms. The van der Waals surface area contributed by atoms with Crippen molar-refractivity contribution in [2.24, 2.45) is 0 Å². The van der Waals surface area contributed by atoms with Gasteiger partial charge in [-0.3, -0.25) is 19.0 Å². The van der Waals surface area contributed by atoms with Gasteiger partial charge in [-0.2, -0.15) is 0 Å². The number of amides is 2. The first kappa shape index (κ1) is 26.5. The second kappa shape index (κ2) is 12.1. The van der Waals surface area contributed by atoms with E-state index in [0.717, 1.165) is 23.0 Å². The van der Waals surface area contributed by atoms with E-state index in [9.17, 15) is 23.6 Å². The van der Waals surface area contributed by atoms with Gasteiger partial charge >= 0.3 is 5.69 Å². The summed E-state index contributed by atoms with van der Waals surface area (Å²) in [4.78, 5) is 51.7. The minimum absolute atomic E-state index is 0.0944. The predicted octanol–water partition coefficient (Wildman–Crippen LogP) is 3.07. The van der Waals surface area contributed by atoms with Crippen LogP contribution in [0.25, 0.3) is 16.6 Å². The summed E-state index contributed by atoms with van der Waals surface area (Å²) >= 11 is 0.